The molecule has 2 nitrogen and oxygen atoms in total. The average Bonchev–Trinajstić information content (AvgIpc) is 2.74. The zero-order valence-corrected chi connectivity index (χ0v) is 18.6. The Hall–Kier alpha value is -3.08. The number of para-hydroxylation sites is 1. The van der Waals surface area contributed by atoms with Gasteiger partial charge in [0.15, 0.2) is 0 Å². The molecule has 2 aromatic carbocycles. The van der Waals surface area contributed by atoms with Crippen molar-refractivity contribution in [3.63, 3.8) is 0 Å². The molecule has 2 aliphatic rings. The lowest BCUT2D eigenvalue weighted by Gasteiger charge is -2.37. The Labute approximate surface area is 192 Å². The van der Waals surface area contributed by atoms with E-state index in [1.165, 1.54) is 17.7 Å². The number of ether oxygens (including phenoxy) is 1. The summed E-state index contributed by atoms with van der Waals surface area (Å²) in [4.78, 5) is 12.4. The van der Waals surface area contributed by atoms with Crippen molar-refractivity contribution in [1.82, 2.24) is 0 Å². The second-order valence-electron chi connectivity index (χ2n) is 8.85. The zero-order chi connectivity index (χ0) is 23.4. The van der Waals surface area contributed by atoms with Crippen LogP contribution in [0.5, 0.6) is 5.75 Å². The minimum Gasteiger partial charge on any atom is -0.427 e. The molecule has 33 heavy (non-hydrogen) atoms. The van der Waals surface area contributed by atoms with Crippen LogP contribution in [0.2, 0.25) is 0 Å². The maximum Gasteiger partial charge on any atom is 0.416 e. The van der Waals surface area contributed by atoms with Crippen molar-refractivity contribution >= 4 is 11.5 Å². The number of carbonyl (C=O) groups excluding carboxylic acids is 1. The quantitative estimate of drug-likeness (QED) is 0.341. The number of benzene rings is 2. The van der Waals surface area contributed by atoms with Gasteiger partial charge in [0.1, 0.15) is 5.75 Å². The molecule has 5 heteroatoms. The maximum absolute atomic E-state index is 13.7. The first kappa shape index (κ1) is 23.1. The van der Waals surface area contributed by atoms with Crippen molar-refractivity contribution < 1.29 is 22.7 Å². The summed E-state index contributed by atoms with van der Waals surface area (Å²) in [5.41, 5.74) is 2.51. The summed E-state index contributed by atoms with van der Waals surface area (Å²) in [6.45, 7) is 2.03. The van der Waals surface area contributed by atoms with Crippen LogP contribution in [0.15, 0.2) is 78.4 Å². The van der Waals surface area contributed by atoms with Gasteiger partial charge >= 0.3 is 12.1 Å². The molecule has 0 saturated heterocycles. The third-order valence-corrected chi connectivity index (χ3v) is 6.42. The molecule has 0 aromatic heterocycles. The second kappa shape index (κ2) is 9.82. The number of halogens is 3. The van der Waals surface area contributed by atoms with Crippen LogP contribution in [0.25, 0.3) is 5.57 Å². The molecule has 1 saturated carbocycles. The van der Waals surface area contributed by atoms with Crippen LogP contribution >= 0.6 is 0 Å². The van der Waals surface area contributed by atoms with Crippen LogP contribution in [0, 0.1) is 5.92 Å². The maximum atomic E-state index is 13.7. The van der Waals surface area contributed by atoms with Gasteiger partial charge in [-0.25, -0.2) is 0 Å². The zero-order valence-electron chi connectivity index (χ0n) is 18.6. The highest BCUT2D eigenvalue weighted by atomic mass is 19.4. The van der Waals surface area contributed by atoms with E-state index in [4.69, 9.17) is 4.74 Å². The highest BCUT2D eigenvalue weighted by molar-refractivity contribution is 5.77. The first-order valence-electron chi connectivity index (χ1n) is 11.3. The summed E-state index contributed by atoms with van der Waals surface area (Å²) in [5.74, 6) is 0.00628. The molecule has 0 bridgehead atoms. The Kier molecular flexibility index (Phi) is 6.87. The summed E-state index contributed by atoms with van der Waals surface area (Å²) in [6, 6.07) is 13.2. The third-order valence-electron chi connectivity index (χ3n) is 6.42. The van der Waals surface area contributed by atoms with Gasteiger partial charge in [-0.2, -0.15) is 13.2 Å². The van der Waals surface area contributed by atoms with E-state index in [1.807, 2.05) is 43.4 Å². The molecule has 0 radical (unpaired) electrons. The Morgan fingerprint density at radius 3 is 2.55 bits per heavy atom. The van der Waals surface area contributed by atoms with E-state index in [1.54, 1.807) is 24.3 Å². The first-order chi connectivity index (χ1) is 15.8. The van der Waals surface area contributed by atoms with E-state index < -0.39 is 11.7 Å². The molecule has 2 unspecified atom stereocenters. The first-order valence-corrected chi connectivity index (χ1v) is 11.3. The van der Waals surface area contributed by atoms with E-state index in [0.29, 0.717) is 16.9 Å². The monoisotopic (exact) mass is 452 g/mol. The smallest absolute Gasteiger partial charge is 0.416 e. The highest BCUT2D eigenvalue weighted by Gasteiger charge is 2.37. The Morgan fingerprint density at radius 1 is 1.06 bits per heavy atom. The van der Waals surface area contributed by atoms with Gasteiger partial charge in [-0.05, 0) is 85.4 Å². The number of esters is 1. The van der Waals surface area contributed by atoms with E-state index in [0.717, 1.165) is 31.3 Å². The molecule has 0 heterocycles. The fourth-order valence-corrected chi connectivity index (χ4v) is 4.41. The van der Waals surface area contributed by atoms with Crippen molar-refractivity contribution in [3.8, 4) is 5.75 Å². The topological polar surface area (TPSA) is 26.3 Å². The predicted molar refractivity (Wildman–Crippen MR) is 124 cm³/mol. The summed E-state index contributed by atoms with van der Waals surface area (Å²) in [5, 5.41) is 0. The lowest BCUT2D eigenvalue weighted by Crippen LogP contribution is -2.28. The van der Waals surface area contributed by atoms with Gasteiger partial charge in [-0.1, -0.05) is 54.1 Å². The number of hydrogen-bond acceptors (Lipinski definition) is 2. The number of carbonyl (C=O) groups is 1. The normalized spacial score (nSPS) is 20.7. The number of alkyl halides is 3. The molecule has 0 spiro atoms. The SMILES string of the molecule is CC1=CC=C(c2cc(C3CCC3CC(=O)Oc3ccccc3)cc(C(F)(F)F)c2)C=CCC1. The number of allylic oxidation sites excluding steroid dienone is 6. The molecule has 0 amide bonds. The highest BCUT2D eigenvalue weighted by Crippen LogP contribution is 2.46. The van der Waals surface area contributed by atoms with Crippen molar-refractivity contribution in [2.24, 2.45) is 5.92 Å². The van der Waals surface area contributed by atoms with Gasteiger partial charge in [-0.15, -0.1) is 0 Å². The van der Waals surface area contributed by atoms with Crippen LogP contribution in [0.4, 0.5) is 13.2 Å². The van der Waals surface area contributed by atoms with Crippen molar-refractivity contribution in [1.29, 1.82) is 0 Å². The van der Waals surface area contributed by atoms with Gasteiger partial charge in [0.25, 0.3) is 0 Å². The minimum absolute atomic E-state index is 0.0264. The summed E-state index contributed by atoms with van der Waals surface area (Å²) in [7, 11) is 0. The molecule has 2 aromatic rings. The Bertz CT molecular complexity index is 1090. The van der Waals surface area contributed by atoms with Gasteiger partial charge in [0, 0.05) is 6.42 Å². The van der Waals surface area contributed by atoms with Crippen molar-refractivity contribution in [2.45, 2.75) is 51.1 Å². The van der Waals surface area contributed by atoms with E-state index in [-0.39, 0.29) is 24.2 Å². The van der Waals surface area contributed by atoms with E-state index in [9.17, 15) is 18.0 Å². The molecule has 0 N–H and O–H groups in total. The molecule has 172 valence electrons. The molecular weight excluding hydrogens is 425 g/mol. The fraction of sp³-hybridized carbons (Fsp3) is 0.321. The molecule has 1 fully saturated rings. The minimum atomic E-state index is -4.44. The van der Waals surface area contributed by atoms with Crippen molar-refractivity contribution in [2.75, 3.05) is 0 Å². The largest absolute Gasteiger partial charge is 0.427 e. The van der Waals surface area contributed by atoms with Crippen LogP contribution in [-0.4, -0.2) is 5.97 Å². The predicted octanol–water partition coefficient (Wildman–Crippen LogP) is 7.87. The van der Waals surface area contributed by atoms with Gasteiger partial charge in [0.2, 0.25) is 0 Å². The lowest BCUT2D eigenvalue weighted by molar-refractivity contribution is -0.138. The summed E-state index contributed by atoms with van der Waals surface area (Å²) in [6.07, 6.45) is 6.89. The molecule has 0 aliphatic heterocycles. The average molecular weight is 453 g/mol. The molecule has 2 aliphatic carbocycles. The number of rotatable bonds is 5. The third kappa shape index (κ3) is 5.84. The lowest BCUT2D eigenvalue weighted by atomic mass is 9.68. The molecule has 4 rings (SSSR count). The summed E-state index contributed by atoms with van der Waals surface area (Å²) >= 11 is 0. The van der Waals surface area contributed by atoms with E-state index in [2.05, 4.69) is 0 Å². The van der Waals surface area contributed by atoms with E-state index >= 15 is 0 Å². The standard InChI is InChI=1S/C28H27F3O2/c1-19-7-5-6-8-20(12-11-19)22-15-23(17-24(16-22)28(29,30)31)26-14-13-21(26)18-27(32)33-25-9-3-2-4-10-25/h2-4,6,8-12,15-17,21,26H,5,7,13-14,18H2,1H3. The molecule has 2 atom stereocenters. The van der Waals surface area contributed by atoms with Crippen LogP contribution in [-0.2, 0) is 11.0 Å². The Balaban J connectivity index is 1.59. The van der Waals surface area contributed by atoms with Gasteiger partial charge in [-0.3, -0.25) is 4.79 Å². The number of hydrogen-bond donors (Lipinski definition) is 0. The summed E-state index contributed by atoms with van der Waals surface area (Å²) < 4.78 is 46.6. The molecular formula is C28H27F3O2. The Morgan fingerprint density at radius 2 is 1.85 bits per heavy atom. The van der Waals surface area contributed by atoms with Crippen LogP contribution < -0.4 is 4.74 Å². The fourth-order valence-electron chi connectivity index (χ4n) is 4.41. The van der Waals surface area contributed by atoms with Gasteiger partial charge < -0.3 is 4.74 Å². The van der Waals surface area contributed by atoms with Crippen molar-refractivity contribution in [3.05, 3.63) is 95.1 Å². The van der Waals surface area contributed by atoms with Crippen LogP contribution in [0.3, 0.4) is 0 Å². The van der Waals surface area contributed by atoms with Crippen LogP contribution in [0.1, 0.15) is 61.6 Å². The van der Waals surface area contributed by atoms with Gasteiger partial charge in [0.05, 0.1) is 5.56 Å². The second-order valence-corrected chi connectivity index (χ2v) is 8.85.